The SMILES string of the molecule is CC(C)(O)C(CN)CCN. The summed E-state index contributed by atoms with van der Waals surface area (Å²) in [4.78, 5) is 0. The van der Waals surface area contributed by atoms with Gasteiger partial charge in [-0.2, -0.15) is 0 Å². The zero-order chi connectivity index (χ0) is 8.20. The Bertz CT molecular complexity index is 88.1. The van der Waals surface area contributed by atoms with Crippen molar-refractivity contribution in [3.8, 4) is 0 Å². The fraction of sp³-hybridized carbons (Fsp3) is 1.00. The van der Waals surface area contributed by atoms with Gasteiger partial charge in [0.25, 0.3) is 0 Å². The van der Waals surface area contributed by atoms with Gasteiger partial charge >= 0.3 is 0 Å². The van der Waals surface area contributed by atoms with Crippen molar-refractivity contribution in [3.05, 3.63) is 0 Å². The summed E-state index contributed by atoms with van der Waals surface area (Å²) in [7, 11) is 0. The van der Waals surface area contributed by atoms with Gasteiger partial charge in [0.1, 0.15) is 0 Å². The van der Waals surface area contributed by atoms with Gasteiger partial charge in [0.15, 0.2) is 0 Å². The first-order valence-corrected chi connectivity index (χ1v) is 3.65. The molecule has 1 unspecified atom stereocenters. The van der Waals surface area contributed by atoms with Crippen LogP contribution < -0.4 is 11.5 Å². The Labute approximate surface area is 62.4 Å². The topological polar surface area (TPSA) is 72.3 Å². The Balaban J connectivity index is 3.81. The van der Waals surface area contributed by atoms with Gasteiger partial charge in [-0.3, -0.25) is 0 Å². The number of hydrogen-bond acceptors (Lipinski definition) is 3. The van der Waals surface area contributed by atoms with Crippen molar-refractivity contribution in [2.24, 2.45) is 17.4 Å². The molecule has 0 aromatic heterocycles. The predicted molar refractivity (Wildman–Crippen MR) is 42.5 cm³/mol. The molecule has 0 heterocycles. The van der Waals surface area contributed by atoms with E-state index in [1.165, 1.54) is 0 Å². The molecule has 0 aliphatic heterocycles. The minimum atomic E-state index is -0.686. The van der Waals surface area contributed by atoms with Crippen molar-refractivity contribution in [2.45, 2.75) is 25.9 Å². The molecule has 0 aromatic rings. The van der Waals surface area contributed by atoms with Gasteiger partial charge in [-0.05, 0) is 33.4 Å². The summed E-state index contributed by atoms with van der Waals surface area (Å²) in [6.07, 6.45) is 0.792. The molecule has 5 N–H and O–H groups in total. The maximum absolute atomic E-state index is 9.47. The Hall–Kier alpha value is -0.120. The van der Waals surface area contributed by atoms with Crippen molar-refractivity contribution in [1.82, 2.24) is 0 Å². The van der Waals surface area contributed by atoms with E-state index in [2.05, 4.69) is 0 Å². The molecule has 3 heteroatoms. The van der Waals surface area contributed by atoms with Gasteiger partial charge in [-0.1, -0.05) is 0 Å². The molecule has 0 saturated heterocycles. The Morgan fingerprint density at radius 1 is 1.40 bits per heavy atom. The highest BCUT2D eigenvalue weighted by Crippen LogP contribution is 2.17. The largest absolute Gasteiger partial charge is 0.390 e. The van der Waals surface area contributed by atoms with Crippen molar-refractivity contribution >= 4 is 0 Å². The molecule has 0 amide bonds. The van der Waals surface area contributed by atoms with Gasteiger partial charge in [0, 0.05) is 5.92 Å². The standard InChI is InChI=1S/C7H18N2O/c1-7(2,10)6(5-9)3-4-8/h6,10H,3-5,8-9H2,1-2H3. The minimum Gasteiger partial charge on any atom is -0.390 e. The Kier molecular flexibility index (Phi) is 3.86. The first-order valence-electron chi connectivity index (χ1n) is 3.65. The predicted octanol–water partition coefficient (Wildman–Crippen LogP) is -0.319. The van der Waals surface area contributed by atoms with Crippen LogP contribution in [0.1, 0.15) is 20.3 Å². The van der Waals surface area contributed by atoms with E-state index in [9.17, 15) is 5.11 Å². The molecule has 0 aliphatic carbocycles. The maximum Gasteiger partial charge on any atom is 0.0632 e. The van der Waals surface area contributed by atoms with Crippen LogP contribution in [0.3, 0.4) is 0 Å². The molecule has 0 fully saturated rings. The smallest absolute Gasteiger partial charge is 0.0632 e. The van der Waals surface area contributed by atoms with Crippen LogP contribution >= 0.6 is 0 Å². The summed E-state index contributed by atoms with van der Waals surface area (Å²) in [6.45, 7) is 4.62. The highest BCUT2D eigenvalue weighted by Gasteiger charge is 2.23. The number of nitrogens with two attached hydrogens (primary N) is 2. The fourth-order valence-electron chi connectivity index (χ4n) is 0.961. The zero-order valence-corrected chi connectivity index (χ0v) is 6.80. The molecular weight excluding hydrogens is 128 g/mol. The molecule has 0 aromatic carbocycles. The van der Waals surface area contributed by atoms with Gasteiger partial charge in [0.2, 0.25) is 0 Å². The van der Waals surface area contributed by atoms with Crippen LogP contribution in [0.2, 0.25) is 0 Å². The number of aliphatic hydroxyl groups is 1. The first-order chi connectivity index (χ1) is 4.52. The van der Waals surface area contributed by atoms with Gasteiger partial charge in [-0.15, -0.1) is 0 Å². The molecule has 0 saturated carbocycles. The van der Waals surface area contributed by atoms with E-state index in [0.29, 0.717) is 13.1 Å². The van der Waals surface area contributed by atoms with Crippen LogP contribution in [-0.2, 0) is 0 Å². The molecule has 3 nitrogen and oxygen atoms in total. The second-order valence-electron chi connectivity index (χ2n) is 3.16. The van der Waals surface area contributed by atoms with E-state index in [0.717, 1.165) is 6.42 Å². The van der Waals surface area contributed by atoms with Crippen LogP contribution in [0.5, 0.6) is 0 Å². The Morgan fingerprint density at radius 3 is 2.00 bits per heavy atom. The Morgan fingerprint density at radius 2 is 1.90 bits per heavy atom. The second-order valence-corrected chi connectivity index (χ2v) is 3.16. The summed E-state index contributed by atoms with van der Waals surface area (Å²) < 4.78 is 0. The molecule has 0 spiro atoms. The number of rotatable bonds is 4. The molecule has 0 aliphatic rings. The van der Waals surface area contributed by atoms with Crippen LogP contribution in [0, 0.1) is 5.92 Å². The van der Waals surface area contributed by atoms with Crippen LogP contribution in [0.4, 0.5) is 0 Å². The number of hydrogen-bond donors (Lipinski definition) is 3. The lowest BCUT2D eigenvalue weighted by Gasteiger charge is -2.27. The van der Waals surface area contributed by atoms with Crippen LogP contribution in [0.15, 0.2) is 0 Å². The van der Waals surface area contributed by atoms with Gasteiger partial charge in [0.05, 0.1) is 5.60 Å². The van der Waals surface area contributed by atoms with E-state index < -0.39 is 5.60 Å². The van der Waals surface area contributed by atoms with E-state index in [1.54, 1.807) is 13.8 Å². The molecule has 1 atom stereocenters. The summed E-state index contributed by atoms with van der Waals surface area (Å²) in [5.41, 5.74) is 10.1. The van der Waals surface area contributed by atoms with Gasteiger partial charge < -0.3 is 16.6 Å². The average Bonchev–Trinajstić information content (AvgIpc) is 1.80. The molecule has 62 valence electrons. The average molecular weight is 146 g/mol. The molecule has 0 bridgehead atoms. The van der Waals surface area contributed by atoms with Crippen molar-refractivity contribution in [2.75, 3.05) is 13.1 Å². The van der Waals surface area contributed by atoms with Crippen molar-refractivity contribution in [1.29, 1.82) is 0 Å². The minimum absolute atomic E-state index is 0.123. The third kappa shape index (κ3) is 3.15. The van der Waals surface area contributed by atoms with Gasteiger partial charge in [-0.25, -0.2) is 0 Å². The summed E-state index contributed by atoms with van der Waals surface area (Å²) >= 11 is 0. The monoisotopic (exact) mass is 146 g/mol. The lowest BCUT2D eigenvalue weighted by Crippen LogP contribution is -2.37. The quantitative estimate of drug-likeness (QED) is 0.509. The third-order valence-electron chi connectivity index (χ3n) is 1.80. The molecule has 0 rings (SSSR count). The highest BCUT2D eigenvalue weighted by atomic mass is 16.3. The summed E-state index contributed by atoms with van der Waals surface area (Å²) in [5, 5.41) is 9.47. The molecular formula is C7H18N2O. The van der Waals surface area contributed by atoms with E-state index in [4.69, 9.17) is 11.5 Å². The van der Waals surface area contributed by atoms with E-state index >= 15 is 0 Å². The third-order valence-corrected chi connectivity index (χ3v) is 1.80. The second kappa shape index (κ2) is 3.91. The van der Waals surface area contributed by atoms with E-state index in [-0.39, 0.29) is 5.92 Å². The molecule has 0 radical (unpaired) electrons. The van der Waals surface area contributed by atoms with Crippen molar-refractivity contribution < 1.29 is 5.11 Å². The normalized spacial score (nSPS) is 15.3. The van der Waals surface area contributed by atoms with Crippen LogP contribution in [0.25, 0.3) is 0 Å². The zero-order valence-electron chi connectivity index (χ0n) is 6.80. The first kappa shape index (κ1) is 9.88. The maximum atomic E-state index is 9.47. The van der Waals surface area contributed by atoms with Crippen molar-refractivity contribution in [3.63, 3.8) is 0 Å². The summed E-state index contributed by atoms with van der Waals surface area (Å²) in [5.74, 6) is 0.123. The summed E-state index contributed by atoms with van der Waals surface area (Å²) in [6, 6.07) is 0. The lowest BCUT2D eigenvalue weighted by molar-refractivity contribution is 0.0182. The van der Waals surface area contributed by atoms with Crippen LogP contribution in [-0.4, -0.2) is 23.8 Å². The highest BCUT2D eigenvalue weighted by molar-refractivity contribution is 4.77. The molecule has 10 heavy (non-hydrogen) atoms. The van der Waals surface area contributed by atoms with E-state index in [1.807, 2.05) is 0 Å². The lowest BCUT2D eigenvalue weighted by atomic mass is 9.88. The fourth-order valence-corrected chi connectivity index (χ4v) is 0.961.